The van der Waals surface area contributed by atoms with E-state index in [1.54, 1.807) is 18.2 Å². The number of thioether (sulfide) groups is 1. The van der Waals surface area contributed by atoms with Crippen molar-refractivity contribution >= 4 is 17.5 Å². The molecule has 0 aliphatic rings. The molecule has 3 aromatic rings. The van der Waals surface area contributed by atoms with Crippen molar-refractivity contribution in [3.63, 3.8) is 0 Å². The summed E-state index contributed by atoms with van der Waals surface area (Å²) in [6.45, 7) is 1.50. The number of carbonyl (C=O) groups excluding carboxylic acids is 1. The van der Waals surface area contributed by atoms with E-state index in [4.69, 9.17) is 5.84 Å². The van der Waals surface area contributed by atoms with E-state index in [1.807, 2.05) is 0 Å². The van der Waals surface area contributed by atoms with Crippen molar-refractivity contribution < 1.29 is 9.18 Å². The van der Waals surface area contributed by atoms with Gasteiger partial charge in [0.05, 0.1) is 11.4 Å². The van der Waals surface area contributed by atoms with E-state index in [0.717, 1.165) is 5.56 Å². The molecule has 1 aromatic carbocycles. The summed E-state index contributed by atoms with van der Waals surface area (Å²) in [4.78, 5) is 11.0. The van der Waals surface area contributed by atoms with Crippen molar-refractivity contribution in [2.24, 2.45) is 0 Å². The van der Waals surface area contributed by atoms with Crippen molar-refractivity contribution in [3.05, 3.63) is 36.1 Å². The third kappa shape index (κ3) is 3.24. The van der Waals surface area contributed by atoms with Gasteiger partial charge in [0.15, 0.2) is 0 Å². The first-order valence-corrected chi connectivity index (χ1v) is 7.67. The van der Waals surface area contributed by atoms with E-state index >= 15 is 0 Å². The van der Waals surface area contributed by atoms with E-state index in [-0.39, 0.29) is 17.4 Å². The summed E-state index contributed by atoms with van der Waals surface area (Å²) in [5, 5.41) is 15.4. The van der Waals surface area contributed by atoms with Crippen LogP contribution >= 0.6 is 11.8 Å². The zero-order valence-corrected chi connectivity index (χ0v) is 13.0. The number of nitrogens with one attached hydrogen (secondary N) is 1. The fraction of sp³-hybridized carbons (Fsp3) is 0.143. The molecule has 2 aromatic heterocycles. The Balaban J connectivity index is 1.86. The molecule has 0 amide bonds. The van der Waals surface area contributed by atoms with Gasteiger partial charge in [0, 0.05) is 5.56 Å². The smallest absolute Gasteiger partial charge is 0.210 e. The lowest BCUT2D eigenvalue weighted by Gasteiger charge is -2.00. The summed E-state index contributed by atoms with van der Waals surface area (Å²) in [5.41, 5.74) is 1.98. The van der Waals surface area contributed by atoms with Crippen LogP contribution in [0.2, 0.25) is 0 Å². The van der Waals surface area contributed by atoms with Crippen LogP contribution in [0.15, 0.2) is 35.5 Å². The Kier molecular flexibility index (Phi) is 4.11. The number of ketones is 1. The number of Topliss-reactive ketones (excluding diaryl/α,β-unsaturated/α-hetero) is 1. The number of nitrogens with zero attached hydrogens (tertiary/aromatic N) is 4. The van der Waals surface area contributed by atoms with Gasteiger partial charge in [0.1, 0.15) is 17.3 Å². The second-order valence-corrected chi connectivity index (χ2v) is 5.78. The van der Waals surface area contributed by atoms with Crippen molar-refractivity contribution in [2.45, 2.75) is 12.1 Å². The predicted molar refractivity (Wildman–Crippen MR) is 84.6 cm³/mol. The Morgan fingerprint density at radius 1 is 1.35 bits per heavy atom. The van der Waals surface area contributed by atoms with Crippen LogP contribution in [-0.2, 0) is 4.79 Å². The summed E-state index contributed by atoms with van der Waals surface area (Å²) in [5.74, 6) is 6.35. The summed E-state index contributed by atoms with van der Waals surface area (Å²) in [6.07, 6.45) is 0. The highest BCUT2D eigenvalue weighted by Gasteiger charge is 2.15. The summed E-state index contributed by atoms with van der Waals surface area (Å²) < 4.78 is 14.3. The van der Waals surface area contributed by atoms with E-state index < -0.39 is 0 Å². The molecule has 0 atom stereocenters. The van der Waals surface area contributed by atoms with E-state index in [9.17, 15) is 9.18 Å². The highest BCUT2D eigenvalue weighted by Crippen LogP contribution is 2.24. The molecule has 118 valence electrons. The molecule has 0 aliphatic heterocycles. The van der Waals surface area contributed by atoms with Gasteiger partial charge in [0.2, 0.25) is 11.0 Å². The molecule has 9 heteroatoms. The van der Waals surface area contributed by atoms with E-state index in [1.165, 1.54) is 35.5 Å². The largest absolute Gasteiger partial charge is 0.335 e. The third-order valence-electron chi connectivity index (χ3n) is 3.03. The molecule has 0 saturated heterocycles. The lowest BCUT2D eigenvalue weighted by Crippen LogP contribution is -2.12. The molecular formula is C14H13FN6OS. The molecule has 3 N–H and O–H groups in total. The number of carbonyl (C=O) groups is 1. The Morgan fingerprint density at radius 2 is 2.09 bits per heavy atom. The van der Waals surface area contributed by atoms with Crippen LogP contribution < -0.4 is 5.84 Å². The number of nitrogen functional groups attached to an aromatic ring is 1. The number of rotatable bonds is 5. The normalized spacial score (nSPS) is 10.9. The third-order valence-corrected chi connectivity index (χ3v) is 4.12. The standard InChI is InChI=1S/C14H13FN6OS/c1-8(22)7-23-14-20-19-13(21(14)16)12-6-11(17-18-12)9-2-4-10(15)5-3-9/h2-6H,7,16H2,1H3,(H,17,18). The van der Waals surface area contributed by atoms with Crippen LogP contribution in [0.4, 0.5) is 4.39 Å². The number of hydrogen-bond donors (Lipinski definition) is 2. The molecule has 0 saturated carbocycles. The van der Waals surface area contributed by atoms with Crippen LogP contribution in [0.25, 0.3) is 22.8 Å². The quantitative estimate of drug-likeness (QED) is 0.546. The number of nitrogens with two attached hydrogens (primary N) is 1. The topological polar surface area (TPSA) is 102 Å². The Bertz CT molecular complexity index is 841. The molecule has 3 rings (SSSR count). The summed E-state index contributed by atoms with van der Waals surface area (Å²) in [7, 11) is 0. The minimum Gasteiger partial charge on any atom is -0.335 e. The number of benzene rings is 1. The summed E-state index contributed by atoms with van der Waals surface area (Å²) >= 11 is 1.21. The molecule has 2 heterocycles. The van der Waals surface area contributed by atoms with Gasteiger partial charge >= 0.3 is 0 Å². The first-order chi connectivity index (χ1) is 11.0. The second-order valence-electron chi connectivity index (χ2n) is 4.84. The van der Waals surface area contributed by atoms with Crippen LogP contribution in [0.1, 0.15) is 6.92 Å². The number of hydrogen-bond acceptors (Lipinski definition) is 6. The first kappa shape index (κ1) is 15.2. The molecule has 7 nitrogen and oxygen atoms in total. The van der Waals surface area contributed by atoms with E-state index in [0.29, 0.717) is 22.4 Å². The maximum Gasteiger partial charge on any atom is 0.210 e. The fourth-order valence-corrected chi connectivity index (χ4v) is 2.59. The first-order valence-electron chi connectivity index (χ1n) is 6.69. The molecule has 0 radical (unpaired) electrons. The Morgan fingerprint density at radius 3 is 2.78 bits per heavy atom. The Hall–Kier alpha value is -2.68. The zero-order chi connectivity index (χ0) is 16.4. The maximum atomic E-state index is 13.0. The van der Waals surface area contributed by atoms with Gasteiger partial charge < -0.3 is 5.84 Å². The minimum absolute atomic E-state index is 0.0275. The SMILES string of the molecule is CC(=O)CSc1nnc(-c2cc(-c3ccc(F)cc3)n[nH]2)n1N. The summed E-state index contributed by atoms with van der Waals surface area (Å²) in [6, 6.07) is 7.75. The number of H-pyrrole nitrogens is 1. The lowest BCUT2D eigenvalue weighted by atomic mass is 10.1. The average Bonchev–Trinajstić information content (AvgIpc) is 3.13. The molecule has 0 aliphatic carbocycles. The number of aromatic nitrogens is 5. The minimum atomic E-state index is -0.307. The molecule has 0 bridgehead atoms. The second kappa shape index (κ2) is 6.21. The molecule has 0 unspecified atom stereocenters. The maximum absolute atomic E-state index is 13.0. The molecule has 0 fully saturated rings. The van der Waals surface area contributed by atoms with Crippen LogP contribution in [0, 0.1) is 5.82 Å². The van der Waals surface area contributed by atoms with Gasteiger partial charge in [-0.2, -0.15) is 5.10 Å². The van der Waals surface area contributed by atoms with Gasteiger partial charge in [-0.1, -0.05) is 11.8 Å². The van der Waals surface area contributed by atoms with Crippen LogP contribution in [0.3, 0.4) is 0 Å². The highest BCUT2D eigenvalue weighted by molar-refractivity contribution is 7.99. The van der Waals surface area contributed by atoms with Crippen molar-refractivity contribution in [2.75, 3.05) is 11.6 Å². The van der Waals surface area contributed by atoms with Gasteiger partial charge in [0.25, 0.3) is 0 Å². The fourth-order valence-electron chi connectivity index (χ4n) is 1.93. The zero-order valence-electron chi connectivity index (χ0n) is 12.2. The van der Waals surface area contributed by atoms with Crippen molar-refractivity contribution in [1.29, 1.82) is 0 Å². The van der Waals surface area contributed by atoms with Gasteiger partial charge in [-0.05, 0) is 37.3 Å². The van der Waals surface area contributed by atoms with Gasteiger partial charge in [-0.25, -0.2) is 9.07 Å². The van der Waals surface area contributed by atoms with Crippen LogP contribution in [-0.4, -0.2) is 36.6 Å². The van der Waals surface area contributed by atoms with Crippen molar-refractivity contribution in [3.8, 4) is 22.8 Å². The van der Waals surface area contributed by atoms with Gasteiger partial charge in [-0.3, -0.25) is 9.89 Å². The Labute approximate surface area is 135 Å². The monoisotopic (exact) mass is 332 g/mol. The molecule has 23 heavy (non-hydrogen) atoms. The average molecular weight is 332 g/mol. The molecular weight excluding hydrogens is 319 g/mol. The highest BCUT2D eigenvalue weighted by atomic mass is 32.2. The number of aromatic amines is 1. The van der Waals surface area contributed by atoms with Gasteiger partial charge in [-0.15, -0.1) is 10.2 Å². The lowest BCUT2D eigenvalue weighted by molar-refractivity contribution is -0.114. The number of halogens is 1. The predicted octanol–water partition coefficient (Wildman–Crippen LogP) is 1.87. The van der Waals surface area contributed by atoms with Crippen LogP contribution in [0.5, 0.6) is 0 Å². The van der Waals surface area contributed by atoms with Crippen molar-refractivity contribution in [1.82, 2.24) is 25.1 Å². The molecule has 0 spiro atoms. The van der Waals surface area contributed by atoms with E-state index in [2.05, 4.69) is 20.4 Å².